The summed E-state index contributed by atoms with van der Waals surface area (Å²) >= 11 is 0. The third-order valence-electron chi connectivity index (χ3n) is 5.27. The number of hydrogen-bond donors (Lipinski definition) is 2. The Balaban J connectivity index is -0.000000192. The SMILES string of the molecule is C.C[C@@H](CON)O[Si](C)(C)C(C)(C)C.C[C@H](CON)O[Si](C)(C)C(C)(C)C.S. The molecule has 2 atom stereocenters. The first-order valence-electron chi connectivity index (χ1n) is 9.40. The molecular formula is C19H52N2O4SSi2. The summed E-state index contributed by atoms with van der Waals surface area (Å²) in [4.78, 5) is 9.12. The summed E-state index contributed by atoms with van der Waals surface area (Å²) in [5, 5.41) is 0.492. The second kappa shape index (κ2) is 14.5. The van der Waals surface area contributed by atoms with Gasteiger partial charge in [-0.1, -0.05) is 49.0 Å². The molecule has 0 rings (SSSR count). The van der Waals surface area contributed by atoms with E-state index >= 15 is 0 Å². The van der Waals surface area contributed by atoms with Crippen LogP contribution in [0.5, 0.6) is 0 Å². The lowest BCUT2D eigenvalue weighted by molar-refractivity contribution is 0.0519. The third kappa shape index (κ3) is 14.5. The zero-order valence-electron chi connectivity index (χ0n) is 19.9. The van der Waals surface area contributed by atoms with Gasteiger partial charge in [0.2, 0.25) is 0 Å². The summed E-state index contributed by atoms with van der Waals surface area (Å²) in [7, 11) is -3.28. The Morgan fingerprint density at radius 3 is 1.04 bits per heavy atom. The van der Waals surface area contributed by atoms with Crippen molar-refractivity contribution in [2.24, 2.45) is 11.8 Å². The molecule has 0 saturated carbocycles. The first-order chi connectivity index (χ1) is 11.4. The van der Waals surface area contributed by atoms with Crippen LogP contribution in [0.25, 0.3) is 0 Å². The minimum atomic E-state index is -1.64. The van der Waals surface area contributed by atoms with Crippen LogP contribution in [-0.2, 0) is 18.5 Å². The lowest BCUT2D eigenvalue weighted by Crippen LogP contribution is -2.44. The number of hydrogen-bond acceptors (Lipinski definition) is 6. The van der Waals surface area contributed by atoms with Gasteiger partial charge in [-0.15, -0.1) is 0 Å². The van der Waals surface area contributed by atoms with Crippen molar-refractivity contribution in [3.05, 3.63) is 0 Å². The van der Waals surface area contributed by atoms with Gasteiger partial charge in [-0.05, 0) is 50.1 Å². The minimum absolute atomic E-state index is 0. The van der Waals surface area contributed by atoms with E-state index in [9.17, 15) is 0 Å². The number of nitrogens with two attached hydrogens (primary N) is 2. The molecule has 0 amide bonds. The van der Waals surface area contributed by atoms with E-state index in [0.29, 0.717) is 13.2 Å². The first-order valence-corrected chi connectivity index (χ1v) is 15.2. The van der Waals surface area contributed by atoms with Crippen LogP contribution in [0, 0.1) is 0 Å². The normalized spacial score (nSPS) is 14.8. The van der Waals surface area contributed by atoms with Crippen LogP contribution in [-0.4, -0.2) is 42.1 Å². The van der Waals surface area contributed by atoms with Crippen LogP contribution in [0.3, 0.4) is 0 Å². The molecule has 0 aromatic heterocycles. The standard InChI is InChI=1S/2C9H23NO2Si.CH4.H2S/c2*1-8(7-11-10)12-13(5,6)9(2,3)4;;/h2*8H,7,10H2,1-6H3;1H4;1H2/t2*8-;;/m10../s1. The average molecular weight is 461 g/mol. The summed E-state index contributed by atoms with van der Waals surface area (Å²) in [6, 6.07) is 0. The largest absolute Gasteiger partial charge is 0.412 e. The molecule has 0 aliphatic rings. The Hall–Kier alpha value is 0.544. The first kappa shape index (κ1) is 35.9. The van der Waals surface area contributed by atoms with Gasteiger partial charge >= 0.3 is 0 Å². The molecule has 0 heterocycles. The predicted octanol–water partition coefficient (Wildman–Crippen LogP) is 5.32. The average Bonchev–Trinajstić information content (AvgIpc) is 2.35. The molecule has 0 aliphatic heterocycles. The molecular weight excluding hydrogens is 408 g/mol. The monoisotopic (exact) mass is 460 g/mol. The van der Waals surface area contributed by atoms with E-state index in [4.69, 9.17) is 20.6 Å². The Labute approximate surface area is 185 Å². The lowest BCUT2D eigenvalue weighted by atomic mass is 10.2. The second-order valence-corrected chi connectivity index (χ2v) is 19.6. The van der Waals surface area contributed by atoms with Crippen molar-refractivity contribution in [1.29, 1.82) is 0 Å². The van der Waals surface area contributed by atoms with Crippen molar-refractivity contribution >= 4 is 30.1 Å². The molecule has 4 N–H and O–H groups in total. The summed E-state index contributed by atoms with van der Waals surface area (Å²) in [6.07, 6.45) is 0.178. The van der Waals surface area contributed by atoms with Gasteiger partial charge in [0, 0.05) is 0 Å². The molecule has 0 aromatic rings. The fourth-order valence-electron chi connectivity index (χ4n) is 1.70. The quantitative estimate of drug-likeness (QED) is 0.376. The maximum atomic E-state index is 5.98. The van der Waals surface area contributed by atoms with Gasteiger partial charge in [-0.3, -0.25) is 0 Å². The molecule has 9 heteroatoms. The molecule has 0 bridgehead atoms. The zero-order chi connectivity index (χ0) is 21.4. The van der Waals surface area contributed by atoms with Crippen LogP contribution in [0.15, 0.2) is 0 Å². The van der Waals surface area contributed by atoms with E-state index < -0.39 is 16.6 Å². The lowest BCUT2D eigenvalue weighted by Gasteiger charge is -2.38. The van der Waals surface area contributed by atoms with Gasteiger partial charge in [-0.25, -0.2) is 11.8 Å². The molecule has 0 spiro atoms. The Morgan fingerprint density at radius 2 is 0.893 bits per heavy atom. The van der Waals surface area contributed by atoms with Crippen molar-refractivity contribution in [2.45, 2.75) is 111 Å². The van der Waals surface area contributed by atoms with E-state index in [2.05, 4.69) is 77.4 Å². The molecule has 6 nitrogen and oxygen atoms in total. The van der Waals surface area contributed by atoms with Crippen molar-refractivity contribution < 1.29 is 18.5 Å². The van der Waals surface area contributed by atoms with Gasteiger partial charge < -0.3 is 18.5 Å². The molecule has 0 saturated heterocycles. The Kier molecular flexibility index (Phi) is 18.7. The zero-order valence-corrected chi connectivity index (χ0v) is 22.9. The molecule has 28 heavy (non-hydrogen) atoms. The highest BCUT2D eigenvalue weighted by atomic mass is 32.1. The second-order valence-electron chi connectivity index (χ2n) is 10.0. The van der Waals surface area contributed by atoms with E-state index in [1.54, 1.807) is 0 Å². The van der Waals surface area contributed by atoms with E-state index in [0.717, 1.165) is 0 Å². The van der Waals surface area contributed by atoms with Crippen molar-refractivity contribution in [3.8, 4) is 0 Å². The Morgan fingerprint density at radius 1 is 0.679 bits per heavy atom. The van der Waals surface area contributed by atoms with Crippen LogP contribution in [0.4, 0.5) is 0 Å². The van der Waals surface area contributed by atoms with Crippen LogP contribution < -0.4 is 11.8 Å². The molecule has 0 aromatic carbocycles. The molecule has 0 fully saturated rings. The fraction of sp³-hybridized carbons (Fsp3) is 1.00. The van der Waals surface area contributed by atoms with Gasteiger partial charge in [0.25, 0.3) is 0 Å². The van der Waals surface area contributed by atoms with Crippen LogP contribution >= 0.6 is 13.5 Å². The van der Waals surface area contributed by atoms with Gasteiger partial charge in [0.15, 0.2) is 16.6 Å². The smallest absolute Gasteiger partial charge is 0.192 e. The van der Waals surface area contributed by atoms with Crippen LogP contribution in [0.1, 0.15) is 62.8 Å². The molecule has 0 aliphatic carbocycles. The summed E-state index contributed by atoms with van der Waals surface area (Å²) in [5.41, 5.74) is 0. The topological polar surface area (TPSA) is 89.0 Å². The maximum Gasteiger partial charge on any atom is 0.192 e. The summed E-state index contributed by atoms with van der Waals surface area (Å²) in [5.74, 6) is 9.99. The minimum Gasteiger partial charge on any atom is -0.412 e. The molecule has 0 unspecified atom stereocenters. The van der Waals surface area contributed by atoms with Crippen molar-refractivity contribution in [2.75, 3.05) is 13.2 Å². The third-order valence-corrected chi connectivity index (χ3v) is 14.5. The maximum absolute atomic E-state index is 5.98. The van der Waals surface area contributed by atoms with E-state index in [-0.39, 0.29) is 43.2 Å². The fourth-order valence-corrected chi connectivity index (χ4v) is 4.55. The Bertz CT molecular complexity index is 351. The predicted molar refractivity (Wildman–Crippen MR) is 133 cm³/mol. The van der Waals surface area contributed by atoms with Crippen molar-refractivity contribution in [3.63, 3.8) is 0 Å². The molecule has 176 valence electrons. The highest BCUT2D eigenvalue weighted by Gasteiger charge is 2.39. The van der Waals surface area contributed by atoms with Gasteiger partial charge in [0.1, 0.15) is 0 Å². The highest BCUT2D eigenvalue weighted by Crippen LogP contribution is 2.38. The van der Waals surface area contributed by atoms with Crippen LogP contribution in [0.2, 0.25) is 36.3 Å². The molecule has 0 radical (unpaired) electrons. The van der Waals surface area contributed by atoms with E-state index in [1.807, 2.05) is 13.8 Å². The highest BCUT2D eigenvalue weighted by molar-refractivity contribution is 7.59. The van der Waals surface area contributed by atoms with Crippen molar-refractivity contribution in [1.82, 2.24) is 0 Å². The summed E-state index contributed by atoms with van der Waals surface area (Å²) in [6.45, 7) is 27.1. The summed E-state index contributed by atoms with van der Waals surface area (Å²) < 4.78 is 12.0. The van der Waals surface area contributed by atoms with Gasteiger partial charge in [0.05, 0.1) is 25.4 Å². The van der Waals surface area contributed by atoms with Gasteiger partial charge in [-0.2, -0.15) is 13.5 Å². The van der Waals surface area contributed by atoms with E-state index in [1.165, 1.54) is 0 Å². The number of rotatable bonds is 8.